The quantitative estimate of drug-likeness (QED) is 0.555. The highest BCUT2D eigenvalue weighted by Gasteiger charge is 2.20. The minimum absolute atomic E-state index is 0.502. The van der Waals surface area contributed by atoms with E-state index in [9.17, 15) is 0 Å². The lowest BCUT2D eigenvalue weighted by molar-refractivity contribution is 0.738. The average Bonchev–Trinajstić information content (AvgIpc) is 2.37. The molecule has 0 N–H and O–H groups in total. The average molecular weight is 354 g/mol. The second-order valence-corrected chi connectivity index (χ2v) is 7.18. The number of benzene rings is 2. The minimum atomic E-state index is 0.502. The highest BCUT2D eigenvalue weighted by atomic mass is 79.9. The largest absolute Gasteiger partial charge is 0.120 e. The van der Waals surface area contributed by atoms with Crippen LogP contribution in [0.3, 0.4) is 0 Å². The van der Waals surface area contributed by atoms with Gasteiger partial charge in [0.2, 0.25) is 0 Å². The molecule has 0 fully saturated rings. The smallest absolute Gasteiger partial charge is 0.0449 e. The van der Waals surface area contributed by atoms with Crippen LogP contribution in [0.15, 0.2) is 45.8 Å². The monoisotopic (exact) mass is 352 g/mol. The van der Waals surface area contributed by atoms with Crippen LogP contribution >= 0.6 is 39.3 Å². The number of halogens is 2. The summed E-state index contributed by atoms with van der Waals surface area (Å²) in [4.78, 5) is 1.36. The normalized spacial score (nSPS) is 18.2. The van der Waals surface area contributed by atoms with Crippen molar-refractivity contribution in [3.05, 3.63) is 62.6 Å². The van der Waals surface area contributed by atoms with Gasteiger partial charge in [-0.1, -0.05) is 42.8 Å². The van der Waals surface area contributed by atoms with E-state index in [1.165, 1.54) is 26.1 Å². The zero-order valence-corrected chi connectivity index (χ0v) is 13.8. The van der Waals surface area contributed by atoms with Gasteiger partial charge in [0.15, 0.2) is 0 Å². The molecule has 0 spiro atoms. The highest BCUT2D eigenvalue weighted by molar-refractivity contribution is 9.10. The Balaban J connectivity index is 2.09. The van der Waals surface area contributed by atoms with Crippen LogP contribution < -0.4 is 0 Å². The van der Waals surface area contributed by atoms with Crippen molar-refractivity contribution in [3.63, 3.8) is 0 Å². The lowest BCUT2D eigenvalue weighted by atomic mass is 9.90. The van der Waals surface area contributed by atoms with Gasteiger partial charge in [-0.15, -0.1) is 11.8 Å². The standard InChI is InChI=1S/C16H14BrClS/c1-10-8-11-4-2-6-14(17)16(11)19-9-13-12(10)5-3-7-15(13)18/h2-7,10H,8-9H2,1H3. The van der Waals surface area contributed by atoms with Crippen molar-refractivity contribution in [2.45, 2.75) is 29.9 Å². The summed E-state index contributed by atoms with van der Waals surface area (Å²) in [6.07, 6.45) is 1.06. The Morgan fingerprint density at radius 2 is 2.00 bits per heavy atom. The summed E-state index contributed by atoms with van der Waals surface area (Å²) in [5.41, 5.74) is 4.12. The molecular formula is C16H14BrClS. The fraction of sp³-hybridized carbons (Fsp3) is 0.250. The van der Waals surface area contributed by atoms with E-state index in [1.54, 1.807) is 0 Å². The van der Waals surface area contributed by atoms with Gasteiger partial charge in [0.25, 0.3) is 0 Å². The Morgan fingerprint density at radius 1 is 1.21 bits per heavy atom. The van der Waals surface area contributed by atoms with E-state index in [0.29, 0.717) is 5.92 Å². The molecule has 0 nitrogen and oxygen atoms in total. The number of thioether (sulfide) groups is 1. The van der Waals surface area contributed by atoms with E-state index in [4.69, 9.17) is 11.6 Å². The second kappa shape index (κ2) is 5.51. The molecule has 0 saturated heterocycles. The van der Waals surface area contributed by atoms with Crippen LogP contribution in [0.4, 0.5) is 0 Å². The number of rotatable bonds is 0. The zero-order chi connectivity index (χ0) is 13.4. The minimum Gasteiger partial charge on any atom is -0.120 e. The molecule has 1 aliphatic heterocycles. The van der Waals surface area contributed by atoms with Crippen LogP contribution in [0.5, 0.6) is 0 Å². The Bertz CT molecular complexity index is 624. The third kappa shape index (κ3) is 2.58. The van der Waals surface area contributed by atoms with Gasteiger partial charge in [-0.2, -0.15) is 0 Å². The summed E-state index contributed by atoms with van der Waals surface area (Å²) >= 11 is 11.9. The fourth-order valence-electron chi connectivity index (χ4n) is 2.65. The van der Waals surface area contributed by atoms with Gasteiger partial charge in [-0.25, -0.2) is 0 Å². The first-order valence-electron chi connectivity index (χ1n) is 6.34. The van der Waals surface area contributed by atoms with Crippen LogP contribution in [-0.2, 0) is 12.2 Å². The summed E-state index contributed by atoms with van der Waals surface area (Å²) in [6.45, 7) is 2.29. The summed E-state index contributed by atoms with van der Waals surface area (Å²) in [5.74, 6) is 1.44. The van der Waals surface area contributed by atoms with Crippen molar-refractivity contribution >= 4 is 39.3 Å². The molecule has 3 heteroatoms. The third-order valence-corrected chi connectivity index (χ3v) is 6.10. The molecule has 0 radical (unpaired) electrons. The summed E-state index contributed by atoms with van der Waals surface area (Å²) < 4.78 is 1.19. The van der Waals surface area contributed by atoms with Crippen LogP contribution in [-0.4, -0.2) is 0 Å². The number of hydrogen-bond donors (Lipinski definition) is 0. The Hall–Kier alpha value is -0.440. The van der Waals surface area contributed by atoms with Crippen molar-refractivity contribution in [1.82, 2.24) is 0 Å². The lowest BCUT2D eigenvalue weighted by Gasteiger charge is -2.23. The zero-order valence-electron chi connectivity index (χ0n) is 10.6. The maximum atomic E-state index is 6.38. The first kappa shape index (κ1) is 13.5. The van der Waals surface area contributed by atoms with Gasteiger partial charge in [0.1, 0.15) is 0 Å². The van der Waals surface area contributed by atoms with Crippen LogP contribution in [0.2, 0.25) is 5.02 Å². The van der Waals surface area contributed by atoms with Crippen LogP contribution in [0.25, 0.3) is 0 Å². The summed E-state index contributed by atoms with van der Waals surface area (Å²) in [6, 6.07) is 12.7. The molecule has 1 atom stereocenters. The van der Waals surface area contributed by atoms with Gasteiger partial charge >= 0.3 is 0 Å². The van der Waals surface area contributed by atoms with Crippen molar-refractivity contribution in [1.29, 1.82) is 0 Å². The van der Waals surface area contributed by atoms with E-state index in [2.05, 4.69) is 53.2 Å². The summed E-state index contributed by atoms with van der Waals surface area (Å²) in [5, 5.41) is 0.896. The van der Waals surface area contributed by atoms with Crippen LogP contribution in [0.1, 0.15) is 29.5 Å². The molecule has 1 unspecified atom stereocenters. The van der Waals surface area contributed by atoms with Gasteiger partial charge in [0, 0.05) is 20.1 Å². The van der Waals surface area contributed by atoms with E-state index in [-0.39, 0.29) is 0 Å². The molecule has 0 amide bonds. The van der Waals surface area contributed by atoms with Crippen LogP contribution in [0, 0.1) is 0 Å². The van der Waals surface area contributed by atoms with Crippen molar-refractivity contribution < 1.29 is 0 Å². The predicted octanol–water partition coefficient (Wildman–Crippen LogP) is 6.05. The molecule has 0 saturated carbocycles. The molecule has 2 aromatic rings. The molecule has 0 aliphatic carbocycles. The molecule has 0 bridgehead atoms. The molecule has 1 aliphatic rings. The fourth-order valence-corrected chi connectivity index (χ4v) is 4.88. The molecule has 2 aromatic carbocycles. The number of hydrogen-bond acceptors (Lipinski definition) is 1. The van der Waals surface area contributed by atoms with Gasteiger partial charge < -0.3 is 0 Å². The molecule has 19 heavy (non-hydrogen) atoms. The third-order valence-electron chi connectivity index (χ3n) is 3.62. The maximum absolute atomic E-state index is 6.38. The molecule has 1 heterocycles. The Kier molecular flexibility index (Phi) is 3.93. The van der Waals surface area contributed by atoms with E-state index in [1.807, 2.05) is 17.8 Å². The lowest BCUT2D eigenvalue weighted by Crippen LogP contribution is -2.06. The molecule has 3 rings (SSSR count). The molecular weight excluding hydrogens is 340 g/mol. The van der Waals surface area contributed by atoms with E-state index >= 15 is 0 Å². The first-order chi connectivity index (χ1) is 9.16. The number of fused-ring (bicyclic) bond motifs is 2. The topological polar surface area (TPSA) is 0 Å². The van der Waals surface area contributed by atoms with Gasteiger partial charge in [-0.05, 0) is 57.1 Å². The van der Waals surface area contributed by atoms with Crippen molar-refractivity contribution in [2.75, 3.05) is 0 Å². The van der Waals surface area contributed by atoms with Crippen molar-refractivity contribution in [2.24, 2.45) is 0 Å². The predicted molar refractivity (Wildman–Crippen MR) is 87.3 cm³/mol. The maximum Gasteiger partial charge on any atom is 0.0449 e. The van der Waals surface area contributed by atoms with Gasteiger partial charge in [-0.3, -0.25) is 0 Å². The van der Waals surface area contributed by atoms with E-state index < -0.39 is 0 Å². The SMILES string of the molecule is CC1Cc2cccc(Br)c2SCc2c(Cl)cccc21. The van der Waals surface area contributed by atoms with Gasteiger partial charge in [0.05, 0.1) is 0 Å². The Morgan fingerprint density at radius 3 is 2.84 bits per heavy atom. The highest BCUT2D eigenvalue weighted by Crippen LogP contribution is 2.41. The molecule has 98 valence electrons. The Labute approximate surface area is 131 Å². The second-order valence-electron chi connectivity index (χ2n) is 4.93. The van der Waals surface area contributed by atoms with Crippen molar-refractivity contribution in [3.8, 4) is 0 Å². The van der Waals surface area contributed by atoms with E-state index in [0.717, 1.165) is 17.2 Å². The molecule has 0 aromatic heterocycles. The summed E-state index contributed by atoms with van der Waals surface area (Å²) in [7, 11) is 0. The first-order valence-corrected chi connectivity index (χ1v) is 8.50.